The van der Waals surface area contributed by atoms with Crippen molar-refractivity contribution in [2.24, 2.45) is 4.99 Å². The first kappa shape index (κ1) is 17.0. The van der Waals surface area contributed by atoms with Crippen LogP contribution in [0.1, 0.15) is 37.0 Å². The molecule has 6 nitrogen and oxygen atoms in total. The molecule has 0 atom stereocenters. The van der Waals surface area contributed by atoms with Crippen molar-refractivity contribution in [3.63, 3.8) is 0 Å². The summed E-state index contributed by atoms with van der Waals surface area (Å²) in [5.74, 6) is 1.93. The van der Waals surface area contributed by atoms with Crippen LogP contribution < -0.4 is 10.6 Å². The number of benzene rings is 1. The lowest BCUT2D eigenvalue weighted by Gasteiger charge is -2.20. The van der Waals surface area contributed by atoms with Gasteiger partial charge in [-0.25, -0.2) is 4.99 Å². The van der Waals surface area contributed by atoms with Gasteiger partial charge in [-0.1, -0.05) is 39.3 Å². The summed E-state index contributed by atoms with van der Waals surface area (Å²) in [6.45, 7) is 5.88. The fourth-order valence-corrected chi connectivity index (χ4v) is 3.44. The van der Waals surface area contributed by atoms with E-state index in [0.29, 0.717) is 18.3 Å². The van der Waals surface area contributed by atoms with E-state index in [9.17, 15) is 0 Å². The van der Waals surface area contributed by atoms with E-state index in [4.69, 9.17) is 4.52 Å². The number of guanidine groups is 1. The first-order chi connectivity index (χ1) is 11.6. The maximum absolute atomic E-state index is 4.98. The van der Waals surface area contributed by atoms with Crippen molar-refractivity contribution >= 4 is 21.9 Å². The van der Waals surface area contributed by atoms with Gasteiger partial charge in [0.05, 0.1) is 0 Å². The number of nitrogens with zero attached hydrogens (tertiary/aromatic N) is 3. The Balaban J connectivity index is 1.65. The van der Waals surface area contributed by atoms with Gasteiger partial charge >= 0.3 is 0 Å². The number of aliphatic imine (C=N–C) groups is 1. The Labute approximate surface area is 150 Å². The van der Waals surface area contributed by atoms with Crippen LogP contribution in [0.15, 0.2) is 38.3 Å². The number of hydrogen-bond acceptors (Lipinski definition) is 4. The lowest BCUT2D eigenvalue weighted by molar-refractivity contribution is 0.387. The molecule has 0 spiro atoms. The molecule has 1 heterocycles. The Kier molecular flexibility index (Phi) is 5.18. The molecule has 1 fully saturated rings. The van der Waals surface area contributed by atoms with Gasteiger partial charge in [0.25, 0.3) is 0 Å². The van der Waals surface area contributed by atoms with Crippen LogP contribution >= 0.6 is 15.9 Å². The first-order valence-corrected chi connectivity index (χ1v) is 8.99. The van der Waals surface area contributed by atoms with Crippen LogP contribution in [0.25, 0.3) is 0 Å². The van der Waals surface area contributed by atoms with Gasteiger partial charge in [0.2, 0.25) is 5.89 Å². The molecule has 1 aromatic carbocycles. The largest absolute Gasteiger partial charge is 0.357 e. The number of aromatic nitrogens is 2. The quantitative estimate of drug-likeness (QED) is 0.584. The predicted molar refractivity (Wildman–Crippen MR) is 96.9 cm³/mol. The number of rotatable bonds is 6. The summed E-state index contributed by atoms with van der Waals surface area (Å²) in [5, 5.41) is 10.6. The Morgan fingerprint density at radius 2 is 2.12 bits per heavy atom. The molecule has 3 rings (SSSR count). The van der Waals surface area contributed by atoms with Gasteiger partial charge < -0.3 is 15.2 Å². The third kappa shape index (κ3) is 3.95. The molecule has 2 N–H and O–H groups in total. The second-order valence-corrected chi connectivity index (χ2v) is 6.89. The number of nitrogens with one attached hydrogen (secondary N) is 2. The van der Waals surface area contributed by atoms with Gasteiger partial charge in [-0.3, -0.25) is 0 Å². The highest BCUT2D eigenvalue weighted by molar-refractivity contribution is 9.10. The Hall–Kier alpha value is -1.89. The van der Waals surface area contributed by atoms with Crippen molar-refractivity contribution in [2.45, 2.75) is 38.6 Å². The SMILES string of the molecule is CCNC(=NCc1noc(C)n1)NCC1(c2ccccc2Br)CC1. The van der Waals surface area contributed by atoms with Gasteiger partial charge in [-0.15, -0.1) is 0 Å². The third-order valence-corrected chi connectivity index (χ3v) is 4.88. The zero-order chi connectivity index (χ0) is 17.0. The minimum absolute atomic E-state index is 0.193. The van der Waals surface area contributed by atoms with Gasteiger partial charge in [0.1, 0.15) is 6.54 Å². The zero-order valence-electron chi connectivity index (χ0n) is 14.0. The number of hydrogen-bond donors (Lipinski definition) is 2. The van der Waals surface area contributed by atoms with Crippen molar-refractivity contribution in [1.82, 2.24) is 20.8 Å². The summed E-state index contributed by atoms with van der Waals surface area (Å²) < 4.78 is 6.15. The second kappa shape index (κ2) is 7.34. The smallest absolute Gasteiger partial charge is 0.223 e. The first-order valence-electron chi connectivity index (χ1n) is 8.19. The van der Waals surface area contributed by atoms with E-state index in [1.54, 1.807) is 6.92 Å². The lowest BCUT2D eigenvalue weighted by Crippen LogP contribution is -2.41. The van der Waals surface area contributed by atoms with Crippen LogP contribution in [0.3, 0.4) is 0 Å². The molecule has 1 aromatic heterocycles. The van der Waals surface area contributed by atoms with Crippen LogP contribution in [-0.2, 0) is 12.0 Å². The van der Waals surface area contributed by atoms with Crippen LogP contribution in [0.2, 0.25) is 0 Å². The average Bonchev–Trinajstić information content (AvgIpc) is 3.25. The van der Waals surface area contributed by atoms with Crippen LogP contribution in [0.4, 0.5) is 0 Å². The third-order valence-electron chi connectivity index (χ3n) is 4.19. The fraction of sp³-hybridized carbons (Fsp3) is 0.471. The van der Waals surface area contributed by atoms with Crippen LogP contribution in [-0.4, -0.2) is 29.2 Å². The molecule has 24 heavy (non-hydrogen) atoms. The minimum atomic E-state index is 0.193. The maximum Gasteiger partial charge on any atom is 0.223 e. The van der Waals surface area contributed by atoms with E-state index in [1.807, 2.05) is 0 Å². The predicted octanol–water partition coefficient (Wildman–Crippen LogP) is 2.93. The summed E-state index contributed by atoms with van der Waals surface area (Å²) in [5.41, 5.74) is 1.56. The van der Waals surface area contributed by atoms with Gasteiger partial charge in [0, 0.05) is 29.9 Å². The van der Waals surface area contributed by atoms with Crippen molar-refractivity contribution < 1.29 is 4.52 Å². The lowest BCUT2D eigenvalue weighted by atomic mass is 9.96. The molecule has 128 valence electrons. The van der Waals surface area contributed by atoms with Gasteiger partial charge in [-0.2, -0.15) is 4.98 Å². The highest BCUT2D eigenvalue weighted by Crippen LogP contribution is 2.49. The monoisotopic (exact) mass is 391 g/mol. The van der Waals surface area contributed by atoms with E-state index < -0.39 is 0 Å². The van der Waals surface area contributed by atoms with Crippen molar-refractivity contribution in [3.8, 4) is 0 Å². The van der Waals surface area contributed by atoms with E-state index in [2.05, 4.69) is 72.9 Å². The zero-order valence-corrected chi connectivity index (χ0v) is 15.6. The van der Waals surface area contributed by atoms with Gasteiger partial charge in [0.15, 0.2) is 11.8 Å². The van der Waals surface area contributed by atoms with Crippen molar-refractivity contribution in [1.29, 1.82) is 0 Å². The van der Waals surface area contributed by atoms with E-state index >= 15 is 0 Å². The highest BCUT2D eigenvalue weighted by Gasteiger charge is 2.45. The standard InChI is InChI=1S/C17H22BrN5O/c1-3-19-16(20-10-15-22-12(2)24-23-15)21-11-17(8-9-17)13-6-4-5-7-14(13)18/h4-7H,3,8-11H2,1-2H3,(H2,19,20,21). The summed E-state index contributed by atoms with van der Waals surface area (Å²) in [7, 11) is 0. The molecule has 1 saturated carbocycles. The Morgan fingerprint density at radius 1 is 1.33 bits per heavy atom. The van der Waals surface area contributed by atoms with E-state index in [0.717, 1.165) is 19.0 Å². The molecule has 2 aromatic rings. The molecule has 0 radical (unpaired) electrons. The Bertz CT molecular complexity index is 723. The molecule has 0 amide bonds. The summed E-state index contributed by atoms with van der Waals surface area (Å²) in [6, 6.07) is 8.45. The van der Waals surface area contributed by atoms with Crippen LogP contribution in [0.5, 0.6) is 0 Å². The highest BCUT2D eigenvalue weighted by atomic mass is 79.9. The normalized spacial score (nSPS) is 16.0. The van der Waals surface area contributed by atoms with Gasteiger partial charge in [-0.05, 0) is 31.4 Å². The Morgan fingerprint density at radius 3 is 2.75 bits per heavy atom. The van der Waals surface area contributed by atoms with E-state index in [-0.39, 0.29) is 5.41 Å². The van der Waals surface area contributed by atoms with Crippen LogP contribution in [0, 0.1) is 6.92 Å². The second-order valence-electron chi connectivity index (χ2n) is 6.04. The molecular weight excluding hydrogens is 370 g/mol. The molecule has 0 bridgehead atoms. The maximum atomic E-state index is 4.98. The van der Waals surface area contributed by atoms with Crippen molar-refractivity contribution in [2.75, 3.05) is 13.1 Å². The summed E-state index contributed by atoms with van der Waals surface area (Å²) >= 11 is 3.67. The molecular formula is C17H22BrN5O. The average molecular weight is 392 g/mol. The number of halogens is 1. The molecule has 0 unspecified atom stereocenters. The molecule has 0 saturated heterocycles. The summed E-state index contributed by atoms with van der Waals surface area (Å²) in [4.78, 5) is 8.72. The van der Waals surface area contributed by atoms with E-state index in [1.165, 1.54) is 22.9 Å². The molecule has 7 heteroatoms. The van der Waals surface area contributed by atoms with Crippen molar-refractivity contribution in [3.05, 3.63) is 46.0 Å². The summed E-state index contributed by atoms with van der Waals surface area (Å²) in [6.07, 6.45) is 2.37. The molecule has 0 aliphatic heterocycles. The minimum Gasteiger partial charge on any atom is -0.357 e. The fourth-order valence-electron chi connectivity index (χ4n) is 2.73. The molecule has 1 aliphatic rings. The molecule has 1 aliphatic carbocycles. The number of aryl methyl sites for hydroxylation is 1. The topological polar surface area (TPSA) is 75.3 Å².